The molecule has 1 saturated heterocycles. The summed E-state index contributed by atoms with van der Waals surface area (Å²) in [4.78, 5) is 14.0. The monoisotopic (exact) mass is 259 g/mol. The lowest BCUT2D eigenvalue weighted by Gasteiger charge is -2.47. The second-order valence-electron chi connectivity index (χ2n) is 6.23. The Hall–Kier alpha value is -1.35. The highest BCUT2D eigenvalue weighted by atomic mass is 16.3. The number of benzene rings is 1. The molecule has 0 spiro atoms. The average Bonchev–Trinajstić information content (AvgIpc) is 3.14. The van der Waals surface area contributed by atoms with Gasteiger partial charge in [-0.3, -0.25) is 4.79 Å². The van der Waals surface area contributed by atoms with Crippen LogP contribution in [0.15, 0.2) is 18.2 Å². The molecule has 1 heterocycles. The van der Waals surface area contributed by atoms with Crippen LogP contribution in [-0.2, 0) is 11.2 Å². The highest BCUT2D eigenvalue weighted by Crippen LogP contribution is 2.44. The van der Waals surface area contributed by atoms with Crippen LogP contribution >= 0.6 is 0 Å². The summed E-state index contributed by atoms with van der Waals surface area (Å²) in [6.45, 7) is 5.14. The first kappa shape index (κ1) is 12.7. The van der Waals surface area contributed by atoms with Gasteiger partial charge in [0.05, 0.1) is 19.5 Å². The van der Waals surface area contributed by atoms with E-state index >= 15 is 0 Å². The Kier molecular flexibility index (Phi) is 2.90. The van der Waals surface area contributed by atoms with Crippen LogP contribution in [0.3, 0.4) is 0 Å². The van der Waals surface area contributed by atoms with E-state index < -0.39 is 5.60 Å². The maximum Gasteiger partial charge on any atom is 0.227 e. The maximum atomic E-state index is 12.2. The van der Waals surface area contributed by atoms with E-state index in [0.29, 0.717) is 25.4 Å². The van der Waals surface area contributed by atoms with Gasteiger partial charge in [-0.2, -0.15) is 0 Å². The standard InChI is InChI=1S/C16H21NO2/c1-11-3-4-12(2)13(7-11)8-15(18)17-9-16(19,10-17)14-5-6-14/h3-4,7,14,19H,5-6,8-10H2,1-2H3. The minimum absolute atomic E-state index is 0.138. The lowest BCUT2D eigenvalue weighted by atomic mass is 9.88. The third kappa shape index (κ3) is 2.39. The Morgan fingerprint density at radius 2 is 2.05 bits per heavy atom. The Bertz CT molecular complexity index is 513. The summed E-state index contributed by atoms with van der Waals surface area (Å²) in [6, 6.07) is 6.22. The zero-order valence-corrected chi connectivity index (χ0v) is 11.6. The third-order valence-corrected chi connectivity index (χ3v) is 4.47. The number of aryl methyl sites for hydroxylation is 2. The van der Waals surface area contributed by atoms with Gasteiger partial charge in [0.2, 0.25) is 5.91 Å². The van der Waals surface area contributed by atoms with Gasteiger partial charge in [-0.1, -0.05) is 23.8 Å². The number of likely N-dealkylation sites (tertiary alicyclic amines) is 1. The number of hydrogen-bond acceptors (Lipinski definition) is 2. The predicted molar refractivity (Wildman–Crippen MR) is 73.9 cm³/mol. The van der Waals surface area contributed by atoms with Gasteiger partial charge in [-0.05, 0) is 43.7 Å². The summed E-state index contributed by atoms with van der Waals surface area (Å²) < 4.78 is 0. The molecule has 3 rings (SSSR count). The summed E-state index contributed by atoms with van der Waals surface area (Å²) >= 11 is 0. The largest absolute Gasteiger partial charge is 0.386 e. The molecule has 0 bridgehead atoms. The van der Waals surface area contributed by atoms with Gasteiger partial charge in [0.25, 0.3) is 0 Å². The molecule has 2 fully saturated rings. The van der Waals surface area contributed by atoms with Crippen LogP contribution in [0.2, 0.25) is 0 Å². The molecule has 19 heavy (non-hydrogen) atoms. The number of amides is 1. The molecule has 0 radical (unpaired) electrons. The molecule has 0 unspecified atom stereocenters. The number of β-amino-alcohol motifs (C(OH)–C–C–N with tert-alkyl or cyclic N) is 1. The van der Waals surface area contributed by atoms with E-state index in [-0.39, 0.29) is 5.91 Å². The van der Waals surface area contributed by atoms with E-state index in [1.165, 1.54) is 5.56 Å². The molecule has 1 amide bonds. The summed E-state index contributed by atoms with van der Waals surface area (Å²) in [5, 5.41) is 10.2. The van der Waals surface area contributed by atoms with Crippen molar-refractivity contribution in [3.8, 4) is 0 Å². The molecular formula is C16H21NO2. The smallest absolute Gasteiger partial charge is 0.227 e. The molecule has 1 aliphatic carbocycles. The fraction of sp³-hybridized carbons (Fsp3) is 0.562. The Balaban J connectivity index is 1.61. The van der Waals surface area contributed by atoms with Gasteiger partial charge in [0, 0.05) is 0 Å². The lowest BCUT2D eigenvalue weighted by Crippen LogP contribution is -2.65. The Morgan fingerprint density at radius 1 is 1.37 bits per heavy atom. The van der Waals surface area contributed by atoms with Crippen LogP contribution in [0.4, 0.5) is 0 Å². The molecule has 2 aliphatic rings. The number of carbonyl (C=O) groups is 1. The minimum Gasteiger partial charge on any atom is -0.386 e. The van der Waals surface area contributed by atoms with Crippen LogP contribution in [0.25, 0.3) is 0 Å². The number of carbonyl (C=O) groups excluding carboxylic acids is 1. The van der Waals surface area contributed by atoms with Gasteiger partial charge >= 0.3 is 0 Å². The molecule has 102 valence electrons. The van der Waals surface area contributed by atoms with Gasteiger partial charge in [-0.25, -0.2) is 0 Å². The maximum absolute atomic E-state index is 12.2. The zero-order valence-electron chi connectivity index (χ0n) is 11.6. The van der Waals surface area contributed by atoms with Gasteiger partial charge in [0.15, 0.2) is 0 Å². The van der Waals surface area contributed by atoms with E-state index in [1.54, 1.807) is 4.90 Å². The van der Waals surface area contributed by atoms with Crippen molar-refractivity contribution in [2.75, 3.05) is 13.1 Å². The van der Waals surface area contributed by atoms with Crippen LogP contribution in [0, 0.1) is 19.8 Å². The van der Waals surface area contributed by atoms with Crippen molar-refractivity contribution >= 4 is 5.91 Å². The topological polar surface area (TPSA) is 40.5 Å². The minimum atomic E-state index is -0.572. The van der Waals surface area contributed by atoms with Crippen molar-refractivity contribution in [1.29, 1.82) is 0 Å². The molecular weight excluding hydrogens is 238 g/mol. The SMILES string of the molecule is Cc1ccc(C)c(CC(=O)N2CC(O)(C3CC3)C2)c1. The quantitative estimate of drug-likeness (QED) is 0.899. The second kappa shape index (κ2) is 4.34. The van der Waals surface area contributed by atoms with Gasteiger partial charge < -0.3 is 10.0 Å². The van der Waals surface area contributed by atoms with Crippen molar-refractivity contribution < 1.29 is 9.90 Å². The molecule has 3 nitrogen and oxygen atoms in total. The Labute approximate surface area is 114 Å². The predicted octanol–water partition coefficient (Wildman–Crippen LogP) is 1.83. The molecule has 1 aromatic rings. The molecule has 1 N–H and O–H groups in total. The molecule has 0 aromatic heterocycles. The van der Waals surface area contributed by atoms with E-state index in [9.17, 15) is 9.90 Å². The van der Waals surface area contributed by atoms with Gasteiger partial charge in [0.1, 0.15) is 5.60 Å². The number of hydrogen-bond donors (Lipinski definition) is 1. The summed E-state index contributed by atoms with van der Waals surface area (Å²) in [5.74, 6) is 0.580. The van der Waals surface area contributed by atoms with Crippen molar-refractivity contribution in [2.24, 2.45) is 5.92 Å². The fourth-order valence-corrected chi connectivity index (χ4v) is 2.94. The van der Waals surface area contributed by atoms with Gasteiger partial charge in [-0.15, -0.1) is 0 Å². The first-order valence-corrected chi connectivity index (χ1v) is 7.04. The van der Waals surface area contributed by atoms with E-state index in [1.807, 2.05) is 13.8 Å². The third-order valence-electron chi connectivity index (χ3n) is 4.47. The van der Waals surface area contributed by atoms with Crippen molar-refractivity contribution in [3.05, 3.63) is 34.9 Å². The van der Waals surface area contributed by atoms with E-state index in [2.05, 4.69) is 18.2 Å². The average molecular weight is 259 g/mol. The first-order chi connectivity index (χ1) is 8.98. The summed E-state index contributed by atoms with van der Waals surface area (Å²) in [5.41, 5.74) is 2.88. The van der Waals surface area contributed by atoms with Crippen molar-refractivity contribution in [1.82, 2.24) is 4.90 Å². The molecule has 1 aromatic carbocycles. The first-order valence-electron chi connectivity index (χ1n) is 7.04. The van der Waals surface area contributed by atoms with Crippen LogP contribution in [0.5, 0.6) is 0 Å². The highest BCUT2D eigenvalue weighted by Gasteiger charge is 2.53. The van der Waals surface area contributed by atoms with Crippen LogP contribution in [0.1, 0.15) is 29.5 Å². The number of nitrogens with zero attached hydrogens (tertiary/aromatic N) is 1. The summed E-state index contributed by atoms with van der Waals surface area (Å²) in [6.07, 6.45) is 2.69. The molecule has 0 atom stereocenters. The fourth-order valence-electron chi connectivity index (χ4n) is 2.94. The lowest BCUT2D eigenvalue weighted by molar-refractivity contribution is -0.158. The highest BCUT2D eigenvalue weighted by molar-refractivity contribution is 5.80. The second-order valence-corrected chi connectivity index (χ2v) is 6.23. The van der Waals surface area contributed by atoms with Crippen molar-refractivity contribution in [3.63, 3.8) is 0 Å². The van der Waals surface area contributed by atoms with E-state index in [4.69, 9.17) is 0 Å². The number of aliphatic hydroxyl groups is 1. The zero-order chi connectivity index (χ0) is 13.6. The van der Waals surface area contributed by atoms with Crippen LogP contribution in [-0.4, -0.2) is 34.6 Å². The Morgan fingerprint density at radius 3 is 2.68 bits per heavy atom. The van der Waals surface area contributed by atoms with Crippen LogP contribution < -0.4 is 0 Å². The van der Waals surface area contributed by atoms with E-state index in [0.717, 1.165) is 24.0 Å². The number of rotatable bonds is 3. The molecule has 1 saturated carbocycles. The van der Waals surface area contributed by atoms with Crippen molar-refractivity contribution in [2.45, 2.75) is 38.7 Å². The molecule has 3 heteroatoms. The normalized spacial score (nSPS) is 21.1. The summed E-state index contributed by atoms with van der Waals surface area (Å²) in [7, 11) is 0. The molecule has 1 aliphatic heterocycles.